The molecule has 0 N–H and O–H groups in total. The molecular formula is C28H31N5O5S2. The van der Waals surface area contributed by atoms with Crippen LogP contribution in [0.3, 0.4) is 0 Å². The first-order chi connectivity index (χ1) is 19.0. The first-order valence-corrected chi connectivity index (χ1v) is 16.4. The minimum absolute atomic E-state index is 0.0375. The second-order valence-corrected chi connectivity index (χ2v) is 15.1. The highest BCUT2D eigenvalue weighted by Crippen LogP contribution is 2.42. The molecule has 3 aromatic heterocycles. The van der Waals surface area contributed by atoms with Crippen molar-refractivity contribution in [3.63, 3.8) is 0 Å². The predicted molar refractivity (Wildman–Crippen MR) is 153 cm³/mol. The molecule has 40 heavy (non-hydrogen) atoms. The lowest BCUT2D eigenvalue weighted by Crippen LogP contribution is -2.44. The Morgan fingerprint density at radius 2 is 1.88 bits per heavy atom. The van der Waals surface area contributed by atoms with Crippen LogP contribution >= 0.6 is 0 Å². The molecule has 0 spiro atoms. The summed E-state index contributed by atoms with van der Waals surface area (Å²) in [4.78, 5) is 16.4. The normalized spacial score (nSPS) is 23.1. The maximum atomic E-state index is 13.5. The minimum Gasteiger partial charge on any atom is -0.377 e. The molecule has 12 heteroatoms. The third-order valence-corrected chi connectivity index (χ3v) is 12.3. The fourth-order valence-corrected chi connectivity index (χ4v) is 8.69. The van der Waals surface area contributed by atoms with Gasteiger partial charge in [0.25, 0.3) is 10.0 Å². The van der Waals surface area contributed by atoms with Gasteiger partial charge in [-0.2, -0.15) is 0 Å². The number of pyridine rings is 1. The molecule has 2 aliphatic rings. The molecule has 5 heterocycles. The van der Waals surface area contributed by atoms with Crippen LogP contribution in [0.15, 0.2) is 59.8 Å². The van der Waals surface area contributed by atoms with Gasteiger partial charge in [0.2, 0.25) is 0 Å². The molecule has 10 nitrogen and oxygen atoms in total. The summed E-state index contributed by atoms with van der Waals surface area (Å²) in [5.41, 5.74) is 2.22. The van der Waals surface area contributed by atoms with E-state index >= 15 is 0 Å². The summed E-state index contributed by atoms with van der Waals surface area (Å²) in [7, 11) is -7.33. The molecule has 0 radical (unpaired) electrons. The summed E-state index contributed by atoms with van der Waals surface area (Å²) in [6.07, 6.45) is 4.05. The topological polar surface area (TPSA) is 124 Å². The largest absolute Gasteiger partial charge is 0.377 e. The fraction of sp³-hybridized carbons (Fsp3) is 0.393. The van der Waals surface area contributed by atoms with E-state index < -0.39 is 24.6 Å². The van der Waals surface area contributed by atoms with Crippen LogP contribution in [0.25, 0.3) is 22.4 Å². The average molecular weight is 582 g/mol. The van der Waals surface area contributed by atoms with Gasteiger partial charge in [0.05, 0.1) is 35.6 Å². The monoisotopic (exact) mass is 581 g/mol. The van der Waals surface area contributed by atoms with Crippen LogP contribution < -0.4 is 4.90 Å². The smallest absolute Gasteiger partial charge is 0.269 e. The van der Waals surface area contributed by atoms with Crippen molar-refractivity contribution in [1.29, 1.82) is 0 Å². The van der Waals surface area contributed by atoms with E-state index in [4.69, 9.17) is 14.7 Å². The zero-order chi connectivity index (χ0) is 28.3. The number of aromatic nitrogens is 4. The van der Waals surface area contributed by atoms with E-state index in [1.54, 1.807) is 49.4 Å². The van der Waals surface area contributed by atoms with Gasteiger partial charge in [-0.25, -0.2) is 35.8 Å². The molecule has 0 bridgehead atoms. The second kappa shape index (κ2) is 9.64. The molecule has 0 amide bonds. The molecular weight excluding hydrogens is 550 g/mol. The van der Waals surface area contributed by atoms with Gasteiger partial charge in [-0.15, -0.1) is 0 Å². The Kier molecular flexibility index (Phi) is 6.47. The highest BCUT2D eigenvalue weighted by atomic mass is 32.2. The SMILES string of the molecule is Cc1ccc(S(=O)(=O)n2ccc3c(-c4nc(N5CCOC[C@H]5C)cc(C5(C)CCCS5(=O)=O)n4)ccnc32)cc1. The van der Waals surface area contributed by atoms with Crippen LogP contribution in [0.1, 0.15) is 37.9 Å². The highest BCUT2D eigenvalue weighted by Gasteiger charge is 2.47. The quantitative estimate of drug-likeness (QED) is 0.347. The Hall–Kier alpha value is -3.35. The summed E-state index contributed by atoms with van der Waals surface area (Å²) in [5.74, 6) is 1.06. The zero-order valence-electron chi connectivity index (χ0n) is 22.6. The number of hydrogen-bond donors (Lipinski definition) is 0. The lowest BCUT2D eigenvalue weighted by atomic mass is 10.0. The Bertz CT molecular complexity index is 1820. The molecule has 0 saturated carbocycles. The predicted octanol–water partition coefficient (Wildman–Crippen LogP) is 3.69. The second-order valence-electron chi connectivity index (χ2n) is 10.7. The third kappa shape index (κ3) is 4.29. The fourth-order valence-electron chi connectivity index (χ4n) is 5.54. The van der Waals surface area contributed by atoms with Gasteiger partial charge in [-0.3, -0.25) is 0 Å². The first kappa shape index (κ1) is 26.9. The molecule has 2 fully saturated rings. The van der Waals surface area contributed by atoms with Crippen LogP contribution in [0.5, 0.6) is 0 Å². The number of nitrogens with zero attached hydrogens (tertiary/aromatic N) is 5. The van der Waals surface area contributed by atoms with Crippen molar-refractivity contribution in [3.05, 3.63) is 66.1 Å². The standard InChI is InChI=1S/C28H31N5O5S2/c1-19-5-7-21(8-6-19)40(36,37)33-13-10-23-22(9-12-29-27(23)33)26-30-24(28(3)11-4-16-39(28,34)35)17-25(31-26)32-14-15-38-18-20(32)2/h5-10,12-13,17,20H,4,11,14-16,18H2,1-3H3/t20-,28?/m1/s1. The van der Waals surface area contributed by atoms with Crippen molar-refractivity contribution in [2.45, 2.75) is 49.3 Å². The summed E-state index contributed by atoms with van der Waals surface area (Å²) in [6, 6.07) is 11.9. The number of ether oxygens (including phenoxy) is 1. The molecule has 2 atom stereocenters. The molecule has 4 aromatic rings. The summed E-state index contributed by atoms with van der Waals surface area (Å²) in [5, 5.41) is 0.552. The average Bonchev–Trinajstić information content (AvgIpc) is 3.50. The van der Waals surface area contributed by atoms with Gasteiger partial charge >= 0.3 is 0 Å². The Morgan fingerprint density at radius 1 is 1.10 bits per heavy atom. The molecule has 1 aromatic carbocycles. The number of benzene rings is 1. The molecule has 6 rings (SSSR count). The number of sulfone groups is 1. The molecule has 2 aliphatic heterocycles. The van der Waals surface area contributed by atoms with Crippen molar-refractivity contribution in [3.8, 4) is 11.4 Å². The number of anilines is 1. The van der Waals surface area contributed by atoms with Gasteiger partial charge in [-0.05, 0) is 57.9 Å². The van der Waals surface area contributed by atoms with Crippen molar-refractivity contribution in [2.24, 2.45) is 0 Å². The van der Waals surface area contributed by atoms with Crippen molar-refractivity contribution < 1.29 is 21.6 Å². The van der Waals surface area contributed by atoms with Crippen LogP contribution in [0.4, 0.5) is 5.82 Å². The summed E-state index contributed by atoms with van der Waals surface area (Å²) >= 11 is 0. The Morgan fingerprint density at radius 3 is 2.58 bits per heavy atom. The lowest BCUT2D eigenvalue weighted by molar-refractivity contribution is 0.0985. The number of aryl methyl sites for hydroxylation is 1. The van der Waals surface area contributed by atoms with E-state index in [9.17, 15) is 16.8 Å². The number of rotatable bonds is 5. The van der Waals surface area contributed by atoms with Crippen LogP contribution in [0, 0.1) is 6.92 Å². The van der Waals surface area contributed by atoms with Gasteiger partial charge < -0.3 is 9.64 Å². The number of hydrogen-bond acceptors (Lipinski definition) is 9. The van der Waals surface area contributed by atoms with E-state index in [-0.39, 0.29) is 22.3 Å². The maximum Gasteiger partial charge on any atom is 0.269 e. The molecule has 1 unspecified atom stereocenters. The zero-order valence-corrected chi connectivity index (χ0v) is 24.2. The third-order valence-electron chi connectivity index (χ3n) is 8.04. The van der Waals surface area contributed by atoms with Crippen molar-refractivity contribution >= 4 is 36.7 Å². The Balaban J connectivity index is 1.53. The number of fused-ring (bicyclic) bond motifs is 1. The molecule has 0 aliphatic carbocycles. The van der Waals surface area contributed by atoms with E-state index in [1.807, 2.05) is 13.8 Å². The Labute approximate surface area is 234 Å². The molecule has 2 saturated heterocycles. The van der Waals surface area contributed by atoms with Gasteiger partial charge in [0, 0.05) is 36.0 Å². The van der Waals surface area contributed by atoms with E-state index in [1.165, 1.54) is 12.4 Å². The first-order valence-electron chi connectivity index (χ1n) is 13.3. The summed E-state index contributed by atoms with van der Waals surface area (Å²) in [6.45, 7) is 7.34. The number of morpholine rings is 1. The molecule has 210 valence electrons. The van der Waals surface area contributed by atoms with Crippen LogP contribution in [-0.2, 0) is 29.3 Å². The maximum absolute atomic E-state index is 13.5. The van der Waals surface area contributed by atoms with Crippen LogP contribution in [-0.4, -0.2) is 67.3 Å². The van der Waals surface area contributed by atoms with E-state index in [0.29, 0.717) is 60.9 Å². The van der Waals surface area contributed by atoms with Gasteiger partial charge in [-0.1, -0.05) is 17.7 Å². The van der Waals surface area contributed by atoms with E-state index in [2.05, 4.69) is 9.88 Å². The lowest BCUT2D eigenvalue weighted by Gasteiger charge is -2.35. The highest BCUT2D eigenvalue weighted by molar-refractivity contribution is 7.92. The van der Waals surface area contributed by atoms with E-state index in [0.717, 1.165) is 9.54 Å². The minimum atomic E-state index is -3.91. The van der Waals surface area contributed by atoms with Crippen molar-refractivity contribution in [2.75, 3.05) is 30.4 Å². The van der Waals surface area contributed by atoms with Gasteiger partial charge in [0.1, 0.15) is 10.6 Å². The summed E-state index contributed by atoms with van der Waals surface area (Å²) < 4.78 is 59.1. The van der Waals surface area contributed by atoms with Gasteiger partial charge in [0.15, 0.2) is 21.3 Å². The van der Waals surface area contributed by atoms with Crippen molar-refractivity contribution in [1.82, 2.24) is 18.9 Å². The van der Waals surface area contributed by atoms with Crippen LogP contribution in [0.2, 0.25) is 0 Å².